The van der Waals surface area contributed by atoms with Crippen molar-refractivity contribution in [2.24, 2.45) is 5.92 Å². The summed E-state index contributed by atoms with van der Waals surface area (Å²) in [5, 5.41) is 5.62. The molecule has 3 aliphatic rings. The van der Waals surface area contributed by atoms with E-state index in [9.17, 15) is 23.2 Å². The minimum absolute atomic E-state index is 0.0966. The summed E-state index contributed by atoms with van der Waals surface area (Å²) in [7, 11) is 0. The zero-order valence-corrected chi connectivity index (χ0v) is 17.9. The van der Waals surface area contributed by atoms with Gasteiger partial charge in [0.15, 0.2) is 0 Å². The Morgan fingerprint density at radius 1 is 1.23 bits per heavy atom. The van der Waals surface area contributed by atoms with Crippen molar-refractivity contribution >= 4 is 17.7 Å². The molecule has 3 amide bonds. The summed E-state index contributed by atoms with van der Waals surface area (Å²) in [6.45, 7) is 4.26. The number of alkyl halides is 2. The summed E-state index contributed by atoms with van der Waals surface area (Å²) < 4.78 is 28.0. The van der Waals surface area contributed by atoms with Crippen molar-refractivity contribution in [1.29, 1.82) is 0 Å². The Kier molecular flexibility index (Phi) is 5.85. The quantitative estimate of drug-likeness (QED) is 0.700. The first-order valence-corrected chi connectivity index (χ1v) is 11.0. The monoisotopic (exact) mass is 433 g/mol. The molecular formula is C23H29F2N3O3. The Morgan fingerprint density at radius 2 is 2.00 bits per heavy atom. The molecule has 0 bridgehead atoms. The van der Waals surface area contributed by atoms with E-state index in [2.05, 4.69) is 10.6 Å². The van der Waals surface area contributed by atoms with Gasteiger partial charge in [0.2, 0.25) is 17.7 Å². The average molecular weight is 433 g/mol. The highest BCUT2D eigenvalue weighted by atomic mass is 19.3. The first-order chi connectivity index (χ1) is 14.6. The van der Waals surface area contributed by atoms with E-state index in [4.69, 9.17) is 0 Å². The number of carbonyl (C=O) groups excluding carboxylic acids is 3. The lowest BCUT2D eigenvalue weighted by Gasteiger charge is -2.38. The molecule has 2 aliphatic heterocycles. The van der Waals surface area contributed by atoms with Crippen LogP contribution in [0.1, 0.15) is 67.4 Å². The summed E-state index contributed by atoms with van der Waals surface area (Å²) in [6, 6.07) is 4.88. The third-order valence-corrected chi connectivity index (χ3v) is 6.60. The maximum atomic E-state index is 14.0. The van der Waals surface area contributed by atoms with Gasteiger partial charge >= 0.3 is 0 Å². The van der Waals surface area contributed by atoms with E-state index in [0.717, 1.165) is 11.1 Å². The average Bonchev–Trinajstić information content (AvgIpc) is 2.99. The number of nitrogens with one attached hydrogen (secondary N) is 2. The summed E-state index contributed by atoms with van der Waals surface area (Å²) in [5.74, 6) is -3.47. The molecule has 1 aromatic rings. The predicted molar refractivity (Wildman–Crippen MR) is 111 cm³/mol. The van der Waals surface area contributed by atoms with Crippen molar-refractivity contribution in [3.8, 4) is 0 Å². The Labute approximate surface area is 180 Å². The normalized spacial score (nSPS) is 28.1. The number of benzene rings is 1. The van der Waals surface area contributed by atoms with Gasteiger partial charge < -0.3 is 10.2 Å². The van der Waals surface area contributed by atoms with Crippen LogP contribution in [0, 0.1) is 5.92 Å². The molecule has 0 radical (unpaired) electrons. The van der Waals surface area contributed by atoms with Gasteiger partial charge in [-0.15, -0.1) is 0 Å². The van der Waals surface area contributed by atoms with Crippen LogP contribution in [0.4, 0.5) is 8.78 Å². The van der Waals surface area contributed by atoms with E-state index in [1.165, 1.54) is 4.90 Å². The van der Waals surface area contributed by atoms with Gasteiger partial charge in [-0.2, -0.15) is 0 Å². The Morgan fingerprint density at radius 3 is 2.71 bits per heavy atom. The van der Waals surface area contributed by atoms with Crippen LogP contribution in [-0.2, 0) is 22.6 Å². The summed E-state index contributed by atoms with van der Waals surface area (Å²) in [5.41, 5.74) is 2.43. The topological polar surface area (TPSA) is 78.5 Å². The first kappa shape index (κ1) is 21.9. The van der Waals surface area contributed by atoms with Gasteiger partial charge in [-0.1, -0.05) is 26.0 Å². The van der Waals surface area contributed by atoms with Gasteiger partial charge in [-0.3, -0.25) is 19.7 Å². The first-order valence-electron chi connectivity index (χ1n) is 11.0. The fourth-order valence-corrected chi connectivity index (χ4v) is 5.11. The molecule has 1 saturated carbocycles. The fourth-order valence-electron chi connectivity index (χ4n) is 5.11. The SMILES string of the molecule is CC(C)N[C@H]1CC(F)(F)CC[C@@H]1Cc1ccc2c(c1)CN(C1CCC(=O)NC1=O)C2=O. The molecule has 0 aromatic heterocycles. The van der Waals surface area contributed by atoms with Crippen LogP contribution in [-0.4, -0.2) is 46.7 Å². The molecule has 1 aliphatic carbocycles. The number of carbonyl (C=O) groups is 3. The van der Waals surface area contributed by atoms with Crippen LogP contribution in [0.15, 0.2) is 18.2 Å². The maximum Gasteiger partial charge on any atom is 0.255 e. The second-order valence-corrected chi connectivity index (χ2v) is 9.38. The number of imide groups is 1. The summed E-state index contributed by atoms with van der Waals surface area (Å²) in [6.07, 6.45) is 1.42. The van der Waals surface area contributed by atoms with Gasteiger partial charge in [0.05, 0.1) is 0 Å². The highest BCUT2D eigenvalue weighted by molar-refractivity contribution is 6.05. The maximum absolute atomic E-state index is 14.0. The Bertz CT molecular complexity index is 902. The van der Waals surface area contributed by atoms with Crippen molar-refractivity contribution in [3.05, 3.63) is 34.9 Å². The summed E-state index contributed by atoms with van der Waals surface area (Å²) in [4.78, 5) is 38.0. The van der Waals surface area contributed by atoms with Crippen LogP contribution < -0.4 is 10.6 Å². The second-order valence-electron chi connectivity index (χ2n) is 9.38. The predicted octanol–water partition coefficient (Wildman–Crippen LogP) is 2.79. The minimum atomic E-state index is -2.63. The Hall–Kier alpha value is -2.35. The molecule has 1 aromatic carbocycles. The van der Waals surface area contributed by atoms with Gasteiger partial charge in [0, 0.05) is 43.5 Å². The fraction of sp³-hybridized carbons (Fsp3) is 0.609. The minimum Gasteiger partial charge on any atom is -0.322 e. The number of fused-ring (bicyclic) bond motifs is 1. The summed E-state index contributed by atoms with van der Waals surface area (Å²) >= 11 is 0. The van der Waals surface area contributed by atoms with Crippen molar-refractivity contribution in [2.45, 2.75) is 83.0 Å². The van der Waals surface area contributed by atoms with Crippen LogP contribution in [0.5, 0.6) is 0 Å². The number of piperidine rings is 1. The molecule has 4 rings (SSSR count). The van der Waals surface area contributed by atoms with Gasteiger partial charge in [-0.25, -0.2) is 8.78 Å². The van der Waals surface area contributed by atoms with E-state index in [1.807, 2.05) is 26.0 Å². The number of halogens is 2. The second kappa shape index (κ2) is 8.30. The lowest BCUT2D eigenvalue weighted by molar-refractivity contribution is -0.136. The molecule has 168 valence electrons. The molecule has 2 heterocycles. The lowest BCUT2D eigenvalue weighted by atomic mass is 9.78. The van der Waals surface area contributed by atoms with Crippen LogP contribution >= 0.6 is 0 Å². The number of rotatable bonds is 5. The van der Waals surface area contributed by atoms with Crippen molar-refractivity contribution in [1.82, 2.24) is 15.5 Å². The number of hydrogen-bond donors (Lipinski definition) is 2. The zero-order chi connectivity index (χ0) is 22.3. The van der Waals surface area contributed by atoms with E-state index in [1.54, 1.807) is 6.07 Å². The van der Waals surface area contributed by atoms with Crippen LogP contribution in [0.3, 0.4) is 0 Å². The standard InChI is InChI=1S/C23H29F2N3O3/c1-13(2)26-18-11-23(24,25)8-7-15(18)9-14-3-4-17-16(10-14)12-28(22(17)31)19-5-6-20(29)27-21(19)30/h3-4,10,13,15,18-19,26H,5-9,11-12H2,1-2H3,(H,27,29,30)/t15-,18+,19?/m1/s1. The van der Waals surface area contributed by atoms with E-state index < -0.39 is 17.9 Å². The van der Waals surface area contributed by atoms with Crippen LogP contribution in [0.2, 0.25) is 0 Å². The molecule has 31 heavy (non-hydrogen) atoms. The number of hydrogen-bond acceptors (Lipinski definition) is 4. The van der Waals surface area contributed by atoms with Gasteiger partial charge in [-0.05, 0) is 42.4 Å². The van der Waals surface area contributed by atoms with Crippen LogP contribution in [0.25, 0.3) is 0 Å². The van der Waals surface area contributed by atoms with E-state index >= 15 is 0 Å². The van der Waals surface area contributed by atoms with Crippen molar-refractivity contribution < 1.29 is 23.2 Å². The molecule has 2 N–H and O–H groups in total. The van der Waals surface area contributed by atoms with E-state index in [-0.39, 0.29) is 49.1 Å². The molecule has 0 spiro atoms. The van der Waals surface area contributed by atoms with Crippen molar-refractivity contribution in [2.75, 3.05) is 0 Å². The molecular weight excluding hydrogens is 404 g/mol. The van der Waals surface area contributed by atoms with Gasteiger partial charge in [0.25, 0.3) is 5.91 Å². The third-order valence-electron chi connectivity index (χ3n) is 6.60. The highest BCUT2D eigenvalue weighted by Gasteiger charge is 2.42. The third kappa shape index (κ3) is 4.63. The van der Waals surface area contributed by atoms with Crippen molar-refractivity contribution in [3.63, 3.8) is 0 Å². The largest absolute Gasteiger partial charge is 0.322 e. The smallest absolute Gasteiger partial charge is 0.255 e. The number of nitrogens with zero attached hydrogens (tertiary/aromatic N) is 1. The molecule has 8 heteroatoms. The highest BCUT2D eigenvalue weighted by Crippen LogP contribution is 2.38. The Balaban J connectivity index is 1.48. The molecule has 2 fully saturated rings. The molecule has 1 unspecified atom stereocenters. The van der Waals surface area contributed by atoms with Gasteiger partial charge in [0.1, 0.15) is 6.04 Å². The zero-order valence-electron chi connectivity index (χ0n) is 17.9. The molecule has 1 saturated heterocycles. The lowest BCUT2D eigenvalue weighted by Crippen LogP contribution is -2.52. The number of amides is 3. The molecule has 3 atom stereocenters. The molecule has 6 nitrogen and oxygen atoms in total. The van der Waals surface area contributed by atoms with E-state index in [0.29, 0.717) is 31.4 Å².